The molecule has 2 heterocycles. The molecule has 1 aliphatic rings. The Bertz CT molecular complexity index is 1450. The zero-order chi connectivity index (χ0) is 31.1. The smallest absolute Gasteiger partial charge is 0.253 e. The number of amides is 3. The molecule has 10 heteroatoms. The van der Waals surface area contributed by atoms with Crippen molar-refractivity contribution in [2.45, 2.75) is 39.7 Å². The molecule has 2 aromatic carbocycles. The molecule has 0 radical (unpaired) electrons. The van der Waals surface area contributed by atoms with E-state index in [4.69, 9.17) is 4.74 Å². The van der Waals surface area contributed by atoms with Crippen molar-refractivity contribution in [1.82, 2.24) is 15.2 Å². The molecular formula is C33H40FN5O4. The predicted octanol–water partition coefficient (Wildman–Crippen LogP) is 4.84. The van der Waals surface area contributed by atoms with Crippen molar-refractivity contribution < 1.29 is 23.5 Å². The summed E-state index contributed by atoms with van der Waals surface area (Å²) >= 11 is 0. The highest BCUT2D eigenvalue weighted by Crippen LogP contribution is 2.40. The van der Waals surface area contributed by atoms with Crippen molar-refractivity contribution in [3.63, 3.8) is 0 Å². The fourth-order valence-corrected chi connectivity index (χ4v) is 5.28. The summed E-state index contributed by atoms with van der Waals surface area (Å²) in [5.41, 5.74) is 1.55. The summed E-state index contributed by atoms with van der Waals surface area (Å²) in [6.45, 7) is 7.10. The molecule has 0 saturated carbocycles. The molecule has 3 amide bonds. The third kappa shape index (κ3) is 7.19. The first-order valence-electron chi connectivity index (χ1n) is 14.6. The van der Waals surface area contributed by atoms with Crippen LogP contribution in [0.15, 0.2) is 67.0 Å². The minimum Gasteiger partial charge on any atom is -0.494 e. The van der Waals surface area contributed by atoms with Crippen LogP contribution in [0.2, 0.25) is 0 Å². The molecule has 3 aromatic rings. The van der Waals surface area contributed by atoms with Gasteiger partial charge in [-0.1, -0.05) is 6.07 Å². The van der Waals surface area contributed by atoms with Gasteiger partial charge >= 0.3 is 0 Å². The quantitative estimate of drug-likeness (QED) is 0.240. The maximum Gasteiger partial charge on any atom is 0.253 e. The van der Waals surface area contributed by atoms with Gasteiger partial charge in [-0.15, -0.1) is 0 Å². The average molecular weight is 590 g/mol. The maximum absolute atomic E-state index is 13.6. The van der Waals surface area contributed by atoms with Crippen molar-refractivity contribution in [3.8, 4) is 5.75 Å². The fourth-order valence-electron chi connectivity index (χ4n) is 5.28. The van der Waals surface area contributed by atoms with E-state index in [1.807, 2.05) is 37.3 Å². The molecule has 1 aromatic heterocycles. The first kappa shape index (κ1) is 31.6. The van der Waals surface area contributed by atoms with Crippen LogP contribution in [0.1, 0.15) is 55.6 Å². The Morgan fingerprint density at radius 3 is 2.51 bits per heavy atom. The van der Waals surface area contributed by atoms with Crippen molar-refractivity contribution in [1.29, 1.82) is 0 Å². The van der Waals surface area contributed by atoms with Gasteiger partial charge in [0.05, 0.1) is 18.0 Å². The second kappa shape index (κ2) is 13.8. The first-order chi connectivity index (χ1) is 20.5. The van der Waals surface area contributed by atoms with E-state index in [1.54, 1.807) is 56.2 Å². The Hall–Kier alpha value is -4.31. The summed E-state index contributed by atoms with van der Waals surface area (Å²) in [7, 11) is 3.39. The molecule has 0 bridgehead atoms. The number of carbonyl (C=O) groups excluding carboxylic acids is 3. The summed E-state index contributed by atoms with van der Waals surface area (Å²) < 4.78 is 19.7. The Balaban J connectivity index is 1.36. The number of ether oxygens (including phenoxy) is 1. The third-order valence-electron chi connectivity index (χ3n) is 7.80. The van der Waals surface area contributed by atoms with Crippen LogP contribution in [-0.2, 0) is 9.59 Å². The molecule has 1 N–H and O–H groups in total. The summed E-state index contributed by atoms with van der Waals surface area (Å²) in [6, 6.07) is 15.1. The number of rotatable bonds is 12. The Morgan fingerprint density at radius 2 is 1.81 bits per heavy atom. The van der Waals surface area contributed by atoms with Crippen molar-refractivity contribution >= 4 is 29.1 Å². The van der Waals surface area contributed by atoms with Gasteiger partial charge in [0.2, 0.25) is 11.8 Å². The number of benzene rings is 2. The summed E-state index contributed by atoms with van der Waals surface area (Å²) in [5.74, 6) is -0.545. The highest BCUT2D eigenvalue weighted by molar-refractivity contribution is 6.20. The summed E-state index contributed by atoms with van der Waals surface area (Å²) in [6.07, 6.45) is 5.00. The van der Waals surface area contributed by atoms with E-state index in [1.165, 1.54) is 23.1 Å². The van der Waals surface area contributed by atoms with Crippen LogP contribution in [0.4, 0.5) is 15.8 Å². The fraction of sp³-hybridized carbons (Fsp3) is 0.394. The first-order valence-corrected chi connectivity index (χ1v) is 14.6. The van der Waals surface area contributed by atoms with Gasteiger partial charge < -0.3 is 24.8 Å². The highest BCUT2D eigenvalue weighted by Gasteiger charge is 2.45. The standard InChI is InChI=1S/C33H40FN5O4/c1-6-39-28-13-12-26(22-29(28)38(5)31(41)33(2,3)32(39)42)43-20-8-11-27(23-14-16-35-17-15-23)36-18-19-37(4)30(40)24-9-7-10-25(34)21-24/h7,9-10,12-17,21-22,27,36H,6,8,11,18-20H2,1-5H3. The zero-order valence-corrected chi connectivity index (χ0v) is 25.5. The molecule has 4 rings (SSSR count). The number of pyridine rings is 1. The van der Waals surface area contributed by atoms with Crippen LogP contribution < -0.4 is 19.9 Å². The number of halogens is 1. The number of aromatic nitrogens is 1. The van der Waals surface area contributed by atoms with Crippen LogP contribution in [0.3, 0.4) is 0 Å². The van der Waals surface area contributed by atoms with Gasteiger partial charge in [0, 0.05) is 63.8 Å². The largest absolute Gasteiger partial charge is 0.494 e. The molecule has 1 unspecified atom stereocenters. The molecule has 0 spiro atoms. The lowest BCUT2D eigenvalue weighted by atomic mass is 9.90. The van der Waals surface area contributed by atoms with Crippen LogP contribution >= 0.6 is 0 Å². The monoisotopic (exact) mass is 589 g/mol. The predicted molar refractivity (Wildman–Crippen MR) is 165 cm³/mol. The van der Waals surface area contributed by atoms with E-state index in [0.717, 1.165) is 18.4 Å². The number of anilines is 2. The summed E-state index contributed by atoms with van der Waals surface area (Å²) in [4.78, 5) is 47.8. The van der Waals surface area contributed by atoms with E-state index in [-0.39, 0.29) is 23.8 Å². The van der Waals surface area contributed by atoms with Gasteiger partial charge in [-0.2, -0.15) is 0 Å². The molecule has 43 heavy (non-hydrogen) atoms. The topological polar surface area (TPSA) is 95.1 Å². The number of nitrogens with one attached hydrogen (secondary N) is 1. The third-order valence-corrected chi connectivity index (χ3v) is 7.80. The van der Waals surface area contributed by atoms with Crippen molar-refractivity contribution in [2.75, 3.05) is 50.1 Å². The van der Waals surface area contributed by atoms with Gasteiger partial charge in [-0.3, -0.25) is 19.4 Å². The van der Waals surface area contributed by atoms with E-state index in [2.05, 4.69) is 10.3 Å². The van der Waals surface area contributed by atoms with Crippen molar-refractivity contribution in [2.24, 2.45) is 5.41 Å². The number of carbonyl (C=O) groups is 3. The Morgan fingerprint density at radius 1 is 1.07 bits per heavy atom. The number of nitrogens with zero attached hydrogens (tertiary/aromatic N) is 4. The Kier molecular flexibility index (Phi) is 10.1. The molecule has 1 atom stereocenters. The number of likely N-dealkylation sites (N-methyl/N-ethyl adjacent to an activating group) is 1. The number of hydrogen-bond acceptors (Lipinski definition) is 6. The molecule has 228 valence electrons. The molecule has 0 saturated heterocycles. The molecule has 0 fully saturated rings. The van der Waals surface area contributed by atoms with Gasteiger partial charge in [-0.05, 0) is 81.6 Å². The zero-order valence-electron chi connectivity index (χ0n) is 25.5. The molecule has 1 aliphatic heterocycles. The van der Waals surface area contributed by atoms with Crippen LogP contribution in [0.5, 0.6) is 5.75 Å². The van der Waals surface area contributed by atoms with E-state index in [0.29, 0.717) is 48.9 Å². The van der Waals surface area contributed by atoms with Crippen LogP contribution in [0.25, 0.3) is 0 Å². The summed E-state index contributed by atoms with van der Waals surface area (Å²) in [5, 5.41) is 3.53. The van der Waals surface area contributed by atoms with Gasteiger partial charge in [0.1, 0.15) is 17.0 Å². The normalized spacial score (nSPS) is 15.1. The van der Waals surface area contributed by atoms with Gasteiger partial charge in [0.25, 0.3) is 5.91 Å². The van der Waals surface area contributed by atoms with Crippen LogP contribution in [-0.4, -0.2) is 67.9 Å². The Labute approximate surface area is 252 Å². The number of fused-ring (bicyclic) bond motifs is 1. The minimum absolute atomic E-state index is 0.00595. The van der Waals surface area contributed by atoms with Gasteiger partial charge in [0.15, 0.2) is 0 Å². The molecule has 0 aliphatic carbocycles. The maximum atomic E-state index is 13.6. The SMILES string of the molecule is CCN1C(=O)C(C)(C)C(=O)N(C)c2cc(OCCCC(NCCN(C)C(=O)c3cccc(F)c3)c3ccncc3)ccc21. The van der Waals surface area contributed by atoms with E-state index < -0.39 is 11.2 Å². The van der Waals surface area contributed by atoms with E-state index in [9.17, 15) is 18.8 Å². The lowest BCUT2D eigenvalue weighted by Crippen LogP contribution is -2.47. The van der Waals surface area contributed by atoms with Crippen LogP contribution in [0, 0.1) is 11.2 Å². The second-order valence-electron chi connectivity index (χ2n) is 11.2. The molecular weight excluding hydrogens is 549 g/mol. The van der Waals surface area contributed by atoms with Crippen molar-refractivity contribution in [3.05, 3.63) is 83.9 Å². The highest BCUT2D eigenvalue weighted by atomic mass is 19.1. The average Bonchev–Trinajstić information content (AvgIpc) is 3.06. The second-order valence-corrected chi connectivity index (χ2v) is 11.2. The minimum atomic E-state index is -1.17. The number of hydrogen-bond donors (Lipinski definition) is 1. The van der Waals surface area contributed by atoms with Gasteiger partial charge in [-0.25, -0.2) is 4.39 Å². The lowest BCUT2D eigenvalue weighted by molar-refractivity contribution is -0.137. The van der Waals surface area contributed by atoms with E-state index >= 15 is 0 Å². The lowest BCUT2D eigenvalue weighted by Gasteiger charge is -2.27. The molecule has 9 nitrogen and oxygen atoms in total.